The second-order valence-electron chi connectivity index (χ2n) is 29.5. The van der Waals surface area contributed by atoms with Crippen LogP contribution < -0.4 is 0 Å². The Labute approximate surface area is 677 Å². The monoisotopic (exact) mass is 1510 g/mol. The Morgan fingerprint density at radius 2 is 0.371 bits per heavy atom. The minimum Gasteiger partial charge on any atom is -0.208 e. The molecule has 0 N–H and O–H groups in total. The standard InChI is InChI=1S/C57H35N3S.C51H31N3S/c1-3-15-36(16-4-1)38-19-13-21-41(31-38)55-58-56(42-22-14-20-39(32-42)37-17-5-2-6-18-37)60-57(59-55)51-34-43(35-53-54(51)49-27-11-12-28-52(49)61-53)40-29-30-48-46-25-8-7-23-44(46)45-24-9-10-26-47(45)50(48)33-40;1-3-13-32(14-4-1)33-23-25-35(26-24-33)50-52-49(34-15-5-2-6-16-34)53-51(54-50)45-30-37(31-47-48(45)43-21-11-12-22-46(43)55-47)36-27-28-42-40-19-8-7-17-38(40)39-18-9-10-20-41(39)44(42)29-36/h1-35H;1-31H. The fourth-order valence-corrected chi connectivity index (χ4v) is 19.4. The Balaban J connectivity index is 0.000000141. The second kappa shape index (κ2) is 28.7. The number of aromatic nitrogens is 6. The van der Waals surface area contributed by atoms with E-state index in [0.717, 1.165) is 94.2 Å². The molecule has 0 spiro atoms. The fourth-order valence-electron chi connectivity index (χ4n) is 17.0. The van der Waals surface area contributed by atoms with Gasteiger partial charge < -0.3 is 0 Å². The lowest BCUT2D eigenvalue weighted by Crippen LogP contribution is -2.01. The highest BCUT2D eigenvalue weighted by Gasteiger charge is 2.24. The van der Waals surface area contributed by atoms with Gasteiger partial charge in [-0.05, 0) is 181 Å². The summed E-state index contributed by atoms with van der Waals surface area (Å²) in [6, 6.07) is 143. The summed E-state index contributed by atoms with van der Waals surface area (Å²) in [7, 11) is 0. The molecule has 0 saturated carbocycles. The number of thiophene rings is 2. The van der Waals surface area contributed by atoms with Crippen molar-refractivity contribution in [3.8, 4) is 124 Å². The first-order chi connectivity index (χ1) is 57.5. The molecule has 0 amide bonds. The van der Waals surface area contributed by atoms with E-state index in [-0.39, 0.29) is 0 Å². The molecule has 0 bridgehead atoms. The van der Waals surface area contributed by atoms with E-state index in [9.17, 15) is 0 Å². The molecule has 0 aliphatic carbocycles. The van der Waals surface area contributed by atoms with Gasteiger partial charge in [-0.25, -0.2) is 29.9 Å². The van der Waals surface area contributed by atoms with Crippen molar-refractivity contribution in [3.63, 3.8) is 0 Å². The van der Waals surface area contributed by atoms with Gasteiger partial charge in [0.2, 0.25) is 0 Å². The molecule has 0 radical (unpaired) electrons. The van der Waals surface area contributed by atoms with Gasteiger partial charge in [-0.2, -0.15) is 0 Å². The topological polar surface area (TPSA) is 77.3 Å². The van der Waals surface area contributed by atoms with E-state index < -0.39 is 0 Å². The smallest absolute Gasteiger partial charge is 0.164 e. The molecule has 6 nitrogen and oxygen atoms in total. The summed E-state index contributed by atoms with van der Waals surface area (Å²) in [5.74, 6) is 3.85. The molecule has 0 atom stereocenters. The largest absolute Gasteiger partial charge is 0.208 e. The summed E-state index contributed by atoms with van der Waals surface area (Å²) in [5, 5.41) is 19.9. The third-order valence-corrected chi connectivity index (χ3v) is 24.8. The van der Waals surface area contributed by atoms with Crippen molar-refractivity contribution < 1.29 is 0 Å². The van der Waals surface area contributed by atoms with Crippen LogP contribution in [0.25, 0.3) is 229 Å². The van der Waals surface area contributed by atoms with E-state index in [2.05, 4.69) is 364 Å². The van der Waals surface area contributed by atoms with Crippen LogP contribution in [0.5, 0.6) is 0 Å². The Bertz CT molecular complexity index is 7650. The van der Waals surface area contributed by atoms with Gasteiger partial charge in [0.15, 0.2) is 34.9 Å². The highest BCUT2D eigenvalue weighted by Crippen LogP contribution is 2.48. The van der Waals surface area contributed by atoms with Crippen LogP contribution in [0.3, 0.4) is 0 Å². The third-order valence-electron chi connectivity index (χ3n) is 22.6. The zero-order valence-electron chi connectivity index (χ0n) is 62.6. The third kappa shape index (κ3) is 12.3. The van der Waals surface area contributed by atoms with Gasteiger partial charge in [-0.15, -0.1) is 22.7 Å². The normalized spacial score (nSPS) is 11.6. The molecule has 23 rings (SSSR count). The van der Waals surface area contributed by atoms with Crippen molar-refractivity contribution in [1.29, 1.82) is 0 Å². The predicted molar refractivity (Wildman–Crippen MR) is 490 cm³/mol. The zero-order chi connectivity index (χ0) is 76.6. The summed E-state index contributed by atoms with van der Waals surface area (Å²) in [6.07, 6.45) is 0. The van der Waals surface area contributed by atoms with E-state index in [4.69, 9.17) is 29.9 Å². The molecule has 4 heterocycles. The quantitative estimate of drug-likeness (QED) is 0.120. The van der Waals surface area contributed by atoms with Gasteiger partial charge in [0.05, 0.1) is 0 Å². The average Bonchev–Trinajstić information content (AvgIpc) is 1.32. The van der Waals surface area contributed by atoms with Crippen molar-refractivity contribution in [2.75, 3.05) is 0 Å². The summed E-state index contributed by atoms with van der Waals surface area (Å²) in [5.41, 5.74) is 17.1. The van der Waals surface area contributed by atoms with Crippen molar-refractivity contribution in [1.82, 2.24) is 29.9 Å². The number of hydrogen-bond donors (Lipinski definition) is 0. The summed E-state index contributed by atoms with van der Waals surface area (Å²) < 4.78 is 4.86. The second-order valence-corrected chi connectivity index (χ2v) is 31.7. The first-order valence-electron chi connectivity index (χ1n) is 39.1. The highest BCUT2D eigenvalue weighted by molar-refractivity contribution is 7.26. The molecule has 0 fully saturated rings. The van der Waals surface area contributed by atoms with Crippen LogP contribution in [0.1, 0.15) is 0 Å². The number of rotatable bonds is 11. The fraction of sp³-hybridized carbons (Fsp3) is 0. The molecule has 8 heteroatoms. The van der Waals surface area contributed by atoms with E-state index in [0.29, 0.717) is 34.9 Å². The van der Waals surface area contributed by atoms with Crippen molar-refractivity contribution in [2.24, 2.45) is 0 Å². The van der Waals surface area contributed by atoms with Gasteiger partial charge >= 0.3 is 0 Å². The van der Waals surface area contributed by atoms with Gasteiger partial charge in [0, 0.05) is 73.7 Å². The molecule has 0 aliphatic heterocycles. The molecule has 0 unspecified atom stereocenters. The van der Waals surface area contributed by atoms with Crippen molar-refractivity contribution in [3.05, 3.63) is 400 Å². The Morgan fingerprint density at radius 3 is 0.750 bits per heavy atom. The zero-order valence-corrected chi connectivity index (χ0v) is 64.2. The molecule has 540 valence electrons. The van der Waals surface area contributed by atoms with Crippen LogP contribution in [-0.2, 0) is 0 Å². The molecular formula is C108H66N6S2. The Morgan fingerprint density at radius 1 is 0.129 bits per heavy atom. The van der Waals surface area contributed by atoms with Crippen LogP contribution >= 0.6 is 22.7 Å². The maximum atomic E-state index is 5.39. The van der Waals surface area contributed by atoms with Gasteiger partial charge in [0.25, 0.3) is 0 Å². The maximum absolute atomic E-state index is 5.39. The molecule has 116 heavy (non-hydrogen) atoms. The first-order valence-corrected chi connectivity index (χ1v) is 40.7. The maximum Gasteiger partial charge on any atom is 0.164 e. The van der Waals surface area contributed by atoms with Crippen molar-refractivity contribution >= 4 is 128 Å². The van der Waals surface area contributed by atoms with Gasteiger partial charge in [-0.3, -0.25) is 0 Å². The van der Waals surface area contributed by atoms with Crippen LogP contribution in [0.15, 0.2) is 400 Å². The minimum atomic E-state index is 0.630. The van der Waals surface area contributed by atoms with Gasteiger partial charge in [0.1, 0.15) is 0 Å². The predicted octanol–water partition coefficient (Wildman–Crippen LogP) is 29.7. The molecule has 0 saturated heterocycles. The molecular weight excluding hydrogens is 1450 g/mol. The van der Waals surface area contributed by atoms with Crippen LogP contribution in [0.2, 0.25) is 0 Å². The van der Waals surface area contributed by atoms with Crippen LogP contribution in [-0.4, -0.2) is 29.9 Å². The van der Waals surface area contributed by atoms with E-state index >= 15 is 0 Å². The van der Waals surface area contributed by atoms with E-state index in [1.54, 1.807) is 0 Å². The number of fused-ring (bicyclic) bond motifs is 18. The van der Waals surface area contributed by atoms with Gasteiger partial charge in [-0.1, -0.05) is 340 Å². The minimum absolute atomic E-state index is 0.630. The number of nitrogens with zero attached hydrogens (tertiary/aromatic N) is 6. The lowest BCUT2D eigenvalue weighted by molar-refractivity contribution is 1.08. The molecule has 4 aromatic heterocycles. The molecule has 19 aromatic carbocycles. The SMILES string of the molecule is c1ccc(-c2ccc(-c3nc(-c4ccccc4)nc(-c4cc(-c5ccc6c7ccccc7c7ccccc7c6c5)cc5sc6ccccc6c45)n3)cc2)cc1.c1ccc(-c2cccc(-c3nc(-c4cccc(-c5ccccc5)c4)nc(-c4cc(-c5ccc6c7ccccc7c7ccccc7c6c5)cc5sc6ccccc6c45)n3)c2)cc1. The Hall–Kier alpha value is -14.8. The lowest BCUT2D eigenvalue weighted by Gasteiger charge is -2.14. The summed E-state index contributed by atoms with van der Waals surface area (Å²) >= 11 is 3.63. The van der Waals surface area contributed by atoms with Crippen LogP contribution in [0, 0.1) is 0 Å². The average molecular weight is 1510 g/mol. The molecule has 0 aliphatic rings. The summed E-state index contributed by atoms with van der Waals surface area (Å²) in [4.78, 5) is 31.6. The van der Waals surface area contributed by atoms with Crippen molar-refractivity contribution in [2.45, 2.75) is 0 Å². The van der Waals surface area contributed by atoms with E-state index in [1.165, 1.54) is 99.8 Å². The highest BCUT2D eigenvalue weighted by atomic mass is 32.1. The number of benzene rings is 19. The summed E-state index contributed by atoms with van der Waals surface area (Å²) in [6.45, 7) is 0. The number of hydrogen-bond acceptors (Lipinski definition) is 8. The Kier molecular flexibility index (Phi) is 16.9. The van der Waals surface area contributed by atoms with E-state index in [1.807, 2.05) is 59.1 Å². The van der Waals surface area contributed by atoms with Crippen LogP contribution in [0.4, 0.5) is 0 Å². The first kappa shape index (κ1) is 68.0. The lowest BCUT2D eigenvalue weighted by atomic mass is 9.91. The molecule has 23 aromatic rings.